The number of rotatable bonds is 4. The standard InChI is InChI=1S/C21H20Cl2N2O/c1-24(2)25-18(14-13-16-9-5-3-6-10-16)15-19(21(22,23)20(25)26)17-11-7-4-8-12-17/h3-15,19H,1-2H3/b14-13+/t19-/m0/s1. The van der Waals surface area contributed by atoms with Gasteiger partial charge in [-0.05, 0) is 23.3 Å². The molecule has 0 bridgehead atoms. The molecule has 134 valence electrons. The molecule has 0 saturated carbocycles. The van der Waals surface area contributed by atoms with Crippen molar-refractivity contribution in [2.75, 3.05) is 14.1 Å². The molecule has 1 aliphatic heterocycles. The number of benzene rings is 2. The molecule has 1 aliphatic rings. The summed E-state index contributed by atoms with van der Waals surface area (Å²) in [7, 11) is 3.57. The van der Waals surface area contributed by atoms with Gasteiger partial charge in [-0.3, -0.25) is 4.79 Å². The number of alkyl halides is 2. The van der Waals surface area contributed by atoms with Crippen molar-refractivity contribution in [3.05, 3.63) is 89.6 Å². The highest BCUT2D eigenvalue weighted by Gasteiger charge is 2.49. The van der Waals surface area contributed by atoms with Crippen LogP contribution in [0.5, 0.6) is 0 Å². The van der Waals surface area contributed by atoms with Gasteiger partial charge < -0.3 is 0 Å². The van der Waals surface area contributed by atoms with Crippen molar-refractivity contribution in [3.8, 4) is 0 Å². The van der Waals surface area contributed by atoms with E-state index in [9.17, 15) is 4.79 Å². The van der Waals surface area contributed by atoms with E-state index in [1.807, 2.05) is 78.9 Å². The van der Waals surface area contributed by atoms with Gasteiger partial charge in [-0.15, -0.1) is 0 Å². The molecule has 3 rings (SSSR count). The van der Waals surface area contributed by atoms with Gasteiger partial charge in [0.1, 0.15) is 0 Å². The molecule has 0 spiro atoms. The second-order valence-electron chi connectivity index (χ2n) is 6.31. The summed E-state index contributed by atoms with van der Waals surface area (Å²) in [5.74, 6) is -0.805. The Kier molecular flexibility index (Phi) is 5.52. The minimum absolute atomic E-state index is 0.366. The van der Waals surface area contributed by atoms with Gasteiger partial charge in [0.2, 0.25) is 4.33 Å². The largest absolute Gasteiger partial charge is 0.278 e. The van der Waals surface area contributed by atoms with E-state index in [0.717, 1.165) is 16.8 Å². The van der Waals surface area contributed by atoms with E-state index in [1.165, 1.54) is 5.01 Å². The van der Waals surface area contributed by atoms with E-state index >= 15 is 0 Å². The van der Waals surface area contributed by atoms with Crippen LogP contribution in [0.1, 0.15) is 17.0 Å². The Morgan fingerprint density at radius 1 is 0.962 bits per heavy atom. The highest BCUT2D eigenvalue weighted by Crippen LogP contribution is 2.45. The zero-order chi connectivity index (χ0) is 18.7. The van der Waals surface area contributed by atoms with Crippen LogP contribution in [0.25, 0.3) is 6.08 Å². The topological polar surface area (TPSA) is 23.6 Å². The average molecular weight is 387 g/mol. The molecular weight excluding hydrogens is 367 g/mol. The molecule has 1 heterocycles. The summed E-state index contributed by atoms with van der Waals surface area (Å²) in [6.07, 6.45) is 5.81. The van der Waals surface area contributed by atoms with Gasteiger partial charge in [-0.1, -0.05) is 89.9 Å². The van der Waals surface area contributed by atoms with Crippen molar-refractivity contribution in [1.82, 2.24) is 10.0 Å². The second kappa shape index (κ2) is 7.67. The highest BCUT2D eigenvalue weighted by molar-refractivity contribution is 6.59. The lowest BCUT2D eigenvalue weighted by atomic mass is 9.90. The smallest absolute Gasteiger partial charge is 0.269 e. The molecule has 0 N–H and O–H groups in total. The number of nitrogens with zero attached hydrogens (tertiary/aromatic N) is 2. The molecule has 3 nitrogen and oxygen atoms in total. The number of hydrogen-bond acceptors (Lipinski definition) is 2. The summed E-state index contributed by atoms with van der Waals surface area (Å²) in [4.78, 5) is 13.0. The summed E-state index contributed by atoms with van der Waals surface area (Å²) in [6, 6.07) is 19.5. The third kappa shape index (κ3) is 3.70. The minimum atomic E-state index is -1.57. The number of allylic oxidation sites excluding steroid dienone is 2. The van der Waals surface area contributed by atoms with Gasteiger partial charge in [-0.25, -0.2) is 10.0 Å². The van der Waals surface area contributed by atoms with Crippen molar-refractivity contribution in [2.24, 2.45) is 0 Å². The number of amides is 1. The summed E-state index contributed by atoms with van der Waals surface area (Å²) in [5, 5.41) is 3.18. The highest BCUT2D eigenvalue weighted by atomic mass is 35.5. The van der Waals surface area contributed by atoms with Gasteiger partial charge in [-0.2, -0.15) is 0 Å². The maximum atomic E-state index is 13.0. The van der Waals surface area contributed by atoms with E-state index in [0.29, 0.717) is 0 Å². The predicted octanol–water partition coefficient (Wildman–Crippen LogP) is 4.86. The molecule has 1 amide bonds. The minimum Gasteiger partial charge on any atom is -0.269 e. The molecular formula is C21H20Cl2N2O. The first kappa shape index (κ1) is 18.7. The van der Waals surface area contributed by atoms with Crippen LogP contribution < -0.4 is 0 Å². The van der Waals surface area contributed by atoms with Gasteiger partial charge in [0.25, 0.3) is 5.91 Å². The van der Waals surface area contributed by atoms with Gasteiger partial charge in [0.15, 0.2) is 0 Å². The van der Waals surface area contributed by atoms with E-state index in [2.05, 4.69) is 0 Å². The monoisotopic (exact) mass is 386 g/mol. The molecule has 0 aliphatic carbocycles. The zero-order valence-corrected chi connectivity index (χ0v) is 16.2. The van der Waals surface area contributed by atoms with Crippen molar-refractivity contribution in [2.45, 2.75) is 10.3 Å². The van der Waals surface area contributed by atoms with Crippen LogP contribution in [0.15, 0.2) is 78.5 Å². The van der Waals surface area contributed by atoms with Crippen LogP contribution in [0.3, 0.4) is 0 Å². The number of hydrazine groups is 1. The maximum absolute atomic E-state index is 13.0. The molecule has 0 saturated heterocycles. The zero-order valence-electron chi connectivity index (χ0n) is 14.6. The van der Waals surface area contributed by atoms with E-state index in [1.54, 1.807) is 19.1 Å². The van der Waals surface area contributed by atoms with Crippen LogP contribution in [0.2, 0.25) is 0 Å². The first-order chi connectivity index (χ1) is 12.4. The lowest BCUT2D eigenvalue weighted by Crippen LogP contribution is -2.53. The normalized spacial score (nSPS) is 19.9. The number of carbonyl (C=O) groups excluding carboxylic acids is 1. The van der Waals surface area contributed by atoms with Crippen molar-refractivity contribution < 1.29 is 4.79 Å². The summed E-state index contributed by atoms with van der Waals surface area (Å²) >= 11 is 13.0. The Hall–Kier alpha value is -2.07. The molecule has 0 aromatic heterocycles. The fourth-order valence-corrected chi connectivity index (χ4v) is 3.53. The fraction of sp³-hybridized carbons (Fsp3) is 0.190. The van der Waals surface area contributed by atoms with Crippen LogP contribution in [0.4, 0.5) is 0 Å². The van der Waals surface area contributed by atoms with Crippen LogP contribution in [-0.4, -0.2) is 34.4 Å². The van der Waals surface area contributed by atoms with Crippen molar-refractivity contribution in [1.29, 1.82) is 0 Å². The molecule has 0 fully saturated rings. The molecule has 0 radical (unpaired) electrons. The molecule has 26 heavy (non-hydrogen) atoms. The third-order valence-electron chi connectivity index (χ3n) is 4.25. The Labute approximate surface area is 164 Å². The summed E-state index contributed by atoms with van der Waals surface area (Å²) < 4.78 is -1.57. The average Bonchev–Trinajstić information content (AvgIpc) is 2.63. The summed E-state index contributed by atoms with van der Waals surface area (Å²) in [6.45, 7) is 0. The Balaban J connectivity index is 2.06. The number of hydrogen-bond donors (Lipinski definition) is 0. The lowest BCUT2D eigenvalue weighted by Gasteiger charge is -2.41. The molecule has 5 heteroatoms. The van der Waals surface area contributed by atoms with Gasteiger partial charge in [0.05, 0.1) is 5.70 Å². The van der Waals surface area contributed by atoms with Gasteiger partial charge in [0, 0.05) is 20.0 Å². The molecule has 2 aromatic rings. The maximum Gasteiger partial charge on any atom is 0.278 e. The van der Waals surface area contributed by atoms with Crippen molar-refractivity contribution >= 4 is 35.2 Å². The van der Waals surface area contributed by atoms with Crippen LogP contribution >= 0.6 is 23.2 Å². The van der Waals surface area contributed by atoms with Crippen molar-refractivity contribution in [3.63, 3.8) is 0 Å². The SMILES string of the molecule is CN(C)N1C(=O)C(Cl)(Cl)[C@H](c2ccccc2)C=C1/C=C/c1ccccc1. The van der Waals surface area contributed by atoms with E-state index < -0.39 is 10.3 Å². The predicted molar refractivity (Wildman–Crippen MR) is 108 cm³/mol. The third-order valence-corrected chi connectivity index (χ3v) is 5.05. The van der Waals surface area contributed by atoms with E-state index in [4.69, 9.17) is 23.2 Å². The molecule has 1 atom stereocenters. The lowest BCUT2D eigenvalue weighted by molar-refractivity contribution is -0.142. The number of halogens is 2. The quantitative estimate of drug-likeness (QED) is 0.700. The second-order valence-corrected chi connectivity index (χ2v) is 7.70. The fourth-order valence-electron chi connectivity index (χ4n) is 2.99. The van der Waals surface area contributed by atoms with Crippen LogP contribution in [0, 0.1) is 0 Å². The van der Waals surface area contributed by atoms with E-state index in [-0.39, 0.29) is 5.91 Å². The Morgan fingerprint density at radius 3 is 2.12 bits per heavy atom. The molecule has 0 unspecified atom stereocenters. The van der Waals surface area contributed by atoms with Crippen LogP contribution in [-0.2, 0) is 4.79 Å². The number of carbonyl (C=O) groups is 1. The Morgan fingerprint density at radius 2 is 1.54 bits per heavy atom. The molecule has 2 aromatic carbocycles. The first-order valence-corrected chi connectivity index (χ1v) is 9.06. The summed E-state index contributed by atoms with van der Waals surface area (Å²) in [5.41, 5.74) is 2.67. The van der Waals surface area contributed by atoms with Gasteiger partial charge >= 0.3 is 0 Å². The first-order valence-electron chi connectivity index (χ1n) is 8.31. The Bertz CT molecular complexity index is 830.